The average molecular weight is 574 g/mol. The van der Waals surface area contributed by atoms with Crippen molar-refractivity contribution in [3.63, 3.8) is 0 Å². The summed E-state index contributed by atoms with van der Waals surface area (Å²) in [7, 11) is 0. The number of nitrogens with zero attached hydrogens (tertiary/aromatic N) is 6. The summed E-state index contributed by atoms with van der Waals surface area (Å²) in [4.78, 5) is 38.3. The van der Waals surface area contributed by atoms with E-state index >= 15 is 0 Å². The second-order valence-corrected chi connectivity index (χ2v) is 9.53. The van der Waals surface area contributed by atoms with Crippen molar-refractivity contribution in [2.45, 2.75) is 26.3 Å². The molecule has 1 N–H and O–H groups in total. The van der Waals surface area contributed by atoms with Crippen LogP contribution in [-0.2, 0) is 11.3 Å². The third-order valence-electron chi connectivity index (χ3n) is 6.33. The molecular formula is C26H20ClF4N7O2. The van der Waals surface area contributed by atoms with Gasteiger partial charge in [0, 0.05) is 36.0 Å². The average Bonchev–Trinajstić information content (AvgIpc) is 3.50. The minimum Gasteiger partial charge on any atom is -0.318 e. The Balaban J connectivity index is 1.29. The number of pyridine rings is 1. The maximum absolute atomic E-state index is 14.7. The van der Waals surface area contributed by atoms with E-state index in [2.05, 4.69) is 25.4 Å². The van der Waals surface area contributed by atoms with Crippen molar-refractivity contribution >= 4 is 34.9 Å². The van der Waals surface area contributed by atoms with E-state index in [-0.39, 0.29) is 46.3 Å². The van der Waals surface area contributed by atoms with Crippen LogP contribution < -0.4 is 10.2 Å². The molecule has 40 heavy (non-hydrogen) atoms. The molecular weight excluding hydrogens is 554 g/mol. The second-order valence-electron chi connectivity index (χ2n) is 9.13. The van der Waals surface area contributed by atoms with Gasteiger partial charge in [-0.3, -0.25) is 24.2 Å². The molecule has 0 bridgehead atoms. The third kappa shape index (κ3) is 5.37. The number of carbonyl (C=O) groups is 2. The van der Waals surface area contributed by atoms with Gasteiger partial charge >= 0.3 is 0 Å². The Morgan fingerprint density at radius 2 is 2.00 bits per heavy atom. The summed E-state index contributed by atoms with van der Waals surface area (Å²) in [5.41, 5.74) is -1.03. The molecule has 1 atom stereocenters. The number of carbonyl (C=O) groups excluding carboxylic acids is 2. The van der Waals surface area contributed by atoms with Crippen LogP contribution in [0, 0.1) is 17.6 Å². The number of rotatable bonds is 7. The molecule has 0 unspecified atom stereocenters. The normalized spacial score (nSPS) is 15.2. The maximum Gasteiger partial charge on any atom is 0.275 e. The zero-order chi connectivity index (χ0) is 28.6. The highest BCUT2D eigenvalue weighted by atomic mass is 35.5. The van der Waals surface area contributed by atoms with E-state index in [0.29, 0.717) is 18.5 Å². The van der Waals surface area contributed by atoms with Gasteiger partial charge in [-0.15, -0.1) is 0 Å². The molecule has 4 heterocycles. The molecule has 2 amide bonds. The molecule has 206 valence electrons. The number of nitrogens with one attached hydrogen (secondary N) is 1. The lowest BCUT2D eigenvalue weighted by molar-refractivity contribution is -0.119. The molecule has 1 fully saturated rings. The topological polar surface area (TPSA) is 106 Å². The first-order valence-corrected chi connectivity index (χ1v) is 12.4. The minimum atomic E-state index is -3.02. The first-order valence-electron chi connectivity index (χ1n) is 12.0. The van der Waals surface area contributed by atoms with Gasteiger partial charge in [0.05, 0.1) is 41.5 Å². The summed E-state index contributed by atoms with van der Waals surface area (Å²) in [6, 6.07) is 3.26. The zero-order valence-corrected chi connectivity index (χ0v) is 21.5. The van der Waals surface area contributed by atoms with Crippen molar-refractivity contribution in [2.24, 2.45) is 5.92 Å². The number of aromatic nitrogens is 5. The first kappa shape index (κ1) is 27.2. The van der Waals surface area contributed by atoms with Gasteiger partial charge in [0.15, 0.2) is 17.5 Å². The van der Waals surface area contributed by atoms with E-state index in [1.165, 1.54) is 34.2 Å². The number of hydrogen-bond donors (Lipinski definition) is 1. The van der Waals surface area contributed by atoms with Crippen LogP contribution in [0.4, 0.5) is 29.1 Å². The molecule has 3 aromatic heterocycles. The van der Waals surface area contributed by atoms with Crippen molar-refractivity contribution in [3.8, 4) is 11.3 Å². The van der Waals surface area contributed by atoms with Crippen LogP contribution in [0.3, 0.4) is 0 Å². The van der Waals surface area contributed by atoms with E-state index in [0.717, 1.165) is 24.5 Å². The minimum absolute atomic E-state index is 0.0202. The second kappa shape index (κ2) is 11.0. The summed E-state index contributed by atoms with van der Waals surface area (Å²) in [5.74, 6) is -2.86. The molecule has 1 saturated heterocycles. The largest absolute Gasteiger partial charge is 0.318 e. The monoisotopic (exact) mass is 573 g/mol. The lowest BCUT2D eigenvalue weighted by Crippen LogP contribution is -2.28. The zero-order valence-electron chi connectivity index (χ0n) is 20.8. The molecule has 4 aromatic rings. The first-order chi connectivity index (χ1) is 19.1. The predicted octanol–water partition coefficient (Wildman–Crippen LogP) is 5.28. The van der Waals surface area contributed by atoms with Gasteiger partial charge in [0.25, 0.3) is 12.3 Å². The molecule has 0 aliphatic carbocycles. The van der Waals surface area contributed by atoms with E-state index < -0.39 is 35.1 Å². The van der Waals surface area contributed by atoms with Gasteiger partial charge in [-0.25, -0.2) is 27.5 Å². The van der Waals surface area contributed by atoms with Crippen LogP contribution in [0.2, 0.25) is 5.02 Å². The highest BCUT2D eigenvalue weighted by Crippen LogP contribution is 2.35. The third-order valence-corrected chi connectivity index (χ3v) is 6.62. The van der Waals surface area contributed by atoms with Crippen molar-refractivity contribution in [1.29, 1.82) is 0 Å². The number of anilines is 2. The SMILES string of the molecule is C[C@@H]1CCN(c2ncc(Cn3cc(NC(=O)c4cncc(-c5c(C(F)F)ccc(Cl)c5F)n4)cn3)cc2F)C1=O. The predicted molar refractivity (Wildman–Crippen MR) is 137 cm³/mol. The fourth-order valence-corrected chi connectivity index (χ4v) is 4.45. The van der Waals surface area contributed by atoms with Gasteiger partial charge in [-0.1, -0.05) is 24.6 Å². The summed E-state index contributed by atoms with van der Waals surface area (Å²) in [6.45, 7) is 2.30. The van der Waals surface area contributed by atoms with E-state index in [1.807, 2.05) is 0 Å². The number of benzene rings is 1. The molecule has 1 aromatic carbocycles. The quantitative estimate of drug-likeness (QED) is 0.302. The lowest BCUT2D eigenvalue weighted by Gasteiger charge is -2.16. The smallest absolute Gasteiger partial charge is 0.275 e. The standard InChI is InChI=1S/C26H20ClF4N7O2/c1-13-4-5-38(26(13)40)24-18(28)6-14(7-33-24)11-37-12-15(8-34-37)35-25(39)20-10-32-9-19(36-20)21-16(23(30)31)2-3-17(27)22(21)29/h2-3,6-10,12-13,23H,4-5,11H2,1H3,(H,35,39)/t13-/m1/s1. The van der Waals surface area contributed by atoms with Crippen molar-refractivity contribution in [3.05, 3.63) is 82.7 Å². The Bertz CT molecular complexity index is 1610. The van der Waals surface area contributed by atoms with Crippen molar-refractivity contribution in [2.75, 3.05) is 16.8 Å². The van der Waals surface area contributed by atoms with Gasteiger partial charge in [-0.05, 0) is 24.1 Å². The van der Waals surface area contributed by atoms with Crippen LogP contribution in [0.25, 0.3) is 11.3 Å². The van der Waals surface area contributed by atoms with Crippen LogP contribution in [0.5, 0.6) is 0 Å². The van der Waals surface area contributed by atoms with Gasteiger partial charge in [0.1, 0.15) is 5.69 Å². The van der Waals surface area contributed by atoms with Crippen LogP contribution in [0.15, 0.2) is 49.2 Å². The van der Waals surface area contributed by atoms with Gasteiger partial charge < -0.3 is 5.32 Å². The van der Waals surface area contributed by atoms with E-state index in [9.17, 15) is 27.2 Å². The van der Waals surface area contributed by atoms with Crippen LogP contribution >= 0.6 is 11.6 Å². The molecule has 14 heteroatoms. The number of alkyl halides is 2. The molecule has 0 spiro atoms. The molecule has 5 rings (SSSR count). The highest BCUT2D eigenvalue weighted by molar-refractivity contribution is 6.31. The number of amides is 2. The molecule has 0 saturated carbocycles. The molecule has 1 aliphatic rings. The fraction of sp³-hybridized carbons (Fsp3) is 0.231. The Labute approximate surface area is 229 Å². The highest BCUT2D eigenvalue weighted by Gasteiger charge is 2.31. The van der Waals surface area contributed by atoms with Crippen molar-refractivity contribution < 1.29 is 27.2 Å². The van der Waals surface area contributed by atoms with Crippen LogP contribution in [-0.4, -0.2) is 43.1 Å². The Hall–Kier alpha value is -4.39. The van der Waals surface area contributed by atoms with Crippen LogP contribution in [0.1, 0.15) is 41.4 Å². The van der Waals surface area contributed by atoms with Gasteiger partial charge in [-0.2, -0.15) is 5.10 Å². The number of hydrogen-bond acceptors (Lipinski definition) is 6. The fourth-order valence-electron chi connectivity index (χ4n) is 4.29. The molecule has 9 nitrogen and oxygen atoms in total. The maximum atomic E-state index is 14.7. The summed E-state index contributed by atoms with van der Waals surface area (Å²) in [5, 5.41) is 6.30. The summed E-state index contributed by atoms with van der Waals surface area (Å²) >= 11 is 5.77. The molecule has 0 radical (unpaired) electrons. The Morgan fingerprint density at radius 1 is 1.20 bits per heavy atom. The Kier molecular flexibility index (Phi) is 7.48. The lowest BCUT2D eigenvalue weighted by atomic mass is 10.0. The summed E-state index contributed by atoms with van der Waals surface area (Å²) < 4.78 is 57.7. The van der Waals surface area contributed by atoms with E-state index in [4.69, 9.17) is 11.6 Å². The number of halogens is 5. The van der Waals surface area contributed by atoms with E-state index in [1.54, 1.807) is 6.92 Å². The van der Waals surface area contributed by atoms with Gasteiger partial charge in [0.2, 0.25) is 5.91 Å². The van der Waals surface area contributed by atoms with Crippen molar-refractivity contribution in [1.82, 2.24) is 24.7 Å². The Morgan fingerprint density at radius 3 is 2.70 bits per heavy atom. The summed E-state index contributed by atoms with van der Waals surface area (Å²) in [6.07, 6.45) is 4.01. The molecule has 1 aliphatic heterocycles.